The summed E-state index contributed by atoms with van der Waals surface area (Å²) in [5, 5.41) is 8.80. The Morgan fingerprint density at radius 1 is 1.38 bits per heavy atom. The summed E-state index contributed by atoms with van der Waals surface area (Å²) in [7, 11) is 0. The van der Waals surface area contributed by atoms with E-state index >= 15 is 0 Å². The summed E-state index contributed by atoms with van der Waals surface area (Å²) < 4.78 is 0. The van der Waals surface area contributed by atoms with Gasteiger partial charge in [0, 0.05) is 6.42 Å². The van der Waals surface area contributed by atoms with Crippen LogP contribution in [0.2, 0.25) is 0 Å². The van der Waals surface area contributed by atoms with E-state index in [2.05, 4.69) is 0 Å². The van der Waals surface area contributed by atoms with Crippen molar-refractivity contribution in [1.29, 1.82) is 5.26 Å². The van der Waals surface area contributed by atoms with Gasteiger partial charge in [0.1, 0.15) is 6.07 Å². The quantitative estimate of drug-likeness (QED) is 0.563. The Hall–Kier alpha value is -1.36. The molecule has 0 saturated carbocycles. The summed E-state index contributed by atoms with van der Waals surface area (Å²) in [6, 6.07) is 2.01. The molecule has 66 valence electrons. The molecule has 0 aromatic heterocycles. The van der Waals surface area contributed by atoms with Crippen molar-refractivity contribution in [2.75, 3.05) is 0 Å². The van der Waals surface area contributed by atoms with Gasteiger partial charge in [0.15, 0.2) is 5.78 Å². The third-order valence-corrected chi connectivity index (χ3v) is 2.92. The zero-order valence-electron chi connectivity index (χ0n) is 7.68. The number of nitriles is 1. The van der Waals surface area contributed by atoms with E-state index in [1.807, 2.05) is 13.0 Å². The normalized spacial score (nSPS) is 22.0. The van der Waals surface area contributed by atoms with Gasteiger partial charge in [-0.2, -0.15) is 5.26 Å². The first-order valence-corrected chi connectivity index (χ1v) is 4.59. The predicted molar refractivity (Wildman–Crippen MR) is 48.8 cm³/mol. The van der Waals surface area contributed by atoms with Crippen LogP contribution in [0, 0.1) is 11.3 Å². The third-order valence-electron chi connectivity index (χ3n) is 2.92. The van der Waals surface area contributed by atoms with Crippen LogP contribution in [-0.4, -0.2) is 5.78 Å². The van der Waals surface area contributed by atoms with Crippen molar-refractivity contribution < 1.29 is 4.79 Å². The fourth-order valence-electron chi connectivity index (χ4n) is 2.24. The van der Waals surface area contributed by atoms with E-state index in [4.69, 9.17) is 5.26 Å². The molecule has 0 atom stereocenters. The lowest BCUT2D eigenvalue weighted by molar-refractivity contribution is -0.114. The van der Waals surface area contributed by atoms with Crippen LogP contribution in [0.25, 0.3) is 0 Å². The minimum Gasteiger partial charge on any atom is -0.293 e. The first kappa shape index (κ1) is 8.25. The van der Waals surface area contributed by atoms with Gasteiger partial charge < -0.3 is 0 Å². The lowest BCUT2D eigenvalue weighted by atomic mass is 9.88. The van der Waals surface area contributed by atoms with Crippen LogP contribution >= 0.6 is 0 Å². The Labute approximate surface area is 77.6 Å². The van der Waals surface area contributed by atoms with Crippen LogP contribution in [0.1, 0.15) is 32.6 Å². The molecule has 0 fully saturated rings. The van der Waals surface area contributed by atoms with Crippen molar-refractivity contribution in [3.8, 4) is 6.07 Å². The minimum atomic E-state index is 0.0145. The first-order valence-electron chi connectivity index (χ1n) is 4.59. The molecule has 0 bridgehead atoms. The number of Topliss-reactive ketones (excluding diaryl/α,β-unsaturated/α-hetero) is 1. The highest BCUT2D eigenvalue weighted by molar-refractivity contribution is 6.03. The number of carbonyl (C=O) groups is 1. The first-order chi connectivity index (χ1) is 6.24. The van der Waals surface area contributed by atoms with Crippen molar-refractivity contribution >= 4 is 5.78 Å². The maximum atomic E-state index is 11.5. The Bertz CT molecular complexity index is 379. The molecule has 2 nitrogen and oxygen atoms in total. The minimum absolute atomic E-state index is 0.0145. The highest BCUT2D eigenvalue weighted by atomic mass is 16.1. The van der Waals surface area contributed by atoms with E-state index in [-0.39, 0.29) is 5.78 Å². The summed E-state index contributed by atoms with van der Waals surface area (Å²) in [5.74, 6) is 0.0145. The smallest absolute Gasteiger partial charge is 0.177 e. The molecule has 2 aliphatic rings. The van der Waals surface area contributed by atoms with Crippen LogP contribution < -0.4 is 0 Å². The van der Waals surface area contributed by atoms with E-state index in [1.54, 1.807) is 0 Å². The number of rotatable bonds is 0. The lowest BCUT2D eigenvalue weighted by Gasteiger charge is -2.14. The fraction of sp³-hybridized carbons (Fsp3) is 0.455. The summed E-state index contributed by atoms with van der Waals surface area (Å²) in [6.07, 6.45) is 3.75. The van der Waals surface area contributed by atoms with Crippen molar-refractivity contribution in [3.63, 3.8) is 0 Å². The largest absolute Gasteiger partial charge is 0.293 e. The standard InChI is InChI=1S/C11H11NO/c1-7-9-4-2-3-8(9)5-11(13)10(7)6-12/h2-5H2,1H3. The van der Waals surface area contributed by atoms with E-state index in [0.717, 1.165) is 24.8 Å². The van der Waals surface area contributed by atoms with Crippen LogP contribution in [0.5, 0.6) is 0 Å². The highest BCUT2D eigenvalue weighted by Gasteiger charge is 2.27. The molecular weight excluding hydrogens is 162 g/mol. The number of hydrogen-bond donors (Lipinski definition) is 0. The summed E-state index contributed by atoms with van der Waals surface area (Å²) in [6.45, 7) is 1.90. The SMILES string of the molecule is CC1=C(C#N)C(=O)CC2=C1CCC2. The van der Waals surface area contributed by atoms with Gasteiger partial charge in [-0.15, -0.1) is 0 Å². The molecule has 13 heavy (non-hydrogen) atoms. The van der Waals surface area contributed by atoms with Gasteiger partial charge in [0.05, 0.1) is 5.57 Å². The monoisotopic (exact) mass is 173 g/mol. The maximum Gasteiger partial charge on any atom is 0.177 e. The van der Waals surface area contributed by atoms with E-state index in [1.165, 1.54) is 11.1 Å². The number of ketones is 1. The molecular formula is C11H11NO. The average Bonchev–Trinajstić information content (AvgIpc) is 2.53. The van der Waals surface area contributed by atoms with Crippen LogP contribution in [0.15, 0.2) is 22.3 Å². The van der Waals surface area contributed by atoms with Gasteiger partial charge in [0.2, 0.25) is 0 Å². The second-order valence-corrected chi connectivity index (χ2v) is 3.65. The summed E-state index contributed by atoms with van der Waals surface area (Å²) in [4.78, 5) is 11.5. The molecule has 0 aromatic carbocycles. The molecule has 0 spiro atoms. The lowest BCUT2D eigenvalue weighted by Crippen LogP contribution is -2.10. The second kappa shape index (κ2) is 2.85. The number of nitrogens with zero attached hydrogens (tertiary/aromatic N) is 1. The van der Waals surface area contributed by atoms with Gasteiger partial charge >= 0.3 is 0 Å². The zero-order valence-corrected chi connectivity index (χ0v) is 7.68. The highest BCUT2D eigenvalue weighted by Crippen LogP contribution is 2.38. The van der Waals surface area contributed by atoms with Crippen LogP contribution in [0.4, 0.5) is 0 Å². The molecule has 0 saturated heterocycles. The molecule has 2 heteroatoms. The number of allylic oxidation sites excluding steroid dienone is 4. The van der Waals surface area contributed by atoms with Crippen LogP contribution in [-0.2, 0) is 4.79 Å². The topological polar surface area (TPSA) is 40.9 Å². The Kier molecular flexibility index (Phi) is 1.81. The molecule has 0 unspecified atom stereocenters. The summed E-state index contributed by atoms with van der Waals surface area (Å²) in [5.41, 5.74) is 3.89. The van der Waals surface area contributed by atoms with E-state index < -0.39 is 0 Å². The predicted octanol–water partition coefficient (Wildman–Crippen LogP) is 2.28. The van der Waals surface area contributed by atoms with Crippen molar-refractivity contribution in [2.45, 2.75) is 32.6 Å². The Morgan fingerprint density at radius 2 is 2.15 bits per heavy atom. The average molecular weight is 173 g/mol. The molecule has 0 aliphatic heterocycles. The summed E-state index contributed by atoms with van der Waals surface area (Å²) >= 11 is 0. The maximum absolute atomic E-state index is 11.5. The number of hydrogen-bond acceptors (Lipinski definition) is 2. The Morgan fingerprint density at radius 3 is 2.85 bits per heavy atom. The fourth-order valence-corrected chi connectivity index (χ4v) is 2.24. The molecule has 0 heterocycles. The van der Waals surface area contributed by atoms with Gasteiger partial charge in [-0.3, -0.25) is 4.79 Å². The molecule has 0 N–H and O–H groups in total. The van der Waals surface area contributed by atoms with Crippen molar-refractivity contribution in [1.82, 2.24) is 0 Å². The molecule has 2 aliphatic carbocycles. The van der Waals surface area contributed by atoms with Gasteiger partial charge in [0.25, 0.3) is 0 Å². The van der Waals surface area contributed by atoms with E-state index in [0.29, 0.717) is 12.0 Å². The van der Waals surface area contributed by atoms with Gasteiger partial charge in [-0.1, -0.05) is 5.57 Å². The molecule has 0 aromatic rings. The molecule has 2 rings (SSSR count). The molecule has 0 amide bonds. The van der Waals surface area contributed by atoms with Crippen molar-refractivity contribution in [3.05, 3.63) is 22.3 Å². The van der Waals surface area contributed by atoms with Gasteiger partial charge in [-0.25, -0.2) is 0 Å². The number of carbonyl (C=O) groups excluding carboxylic acids is 1. The van der Waals surface area contributed by atoms with Crippen molar-refractivity contribution in [2.24, 2.45) is 0 Å². The Balaban J connectivity index is 2.52. The van der Waals surface area contributed by atoms with E-state index in [9.17, 15) is 4.79 Å². The van der Waals surface area contributed by atoms with Gasteiger partial charge in [-0.05, 0) is 37.3 Å². The second-order valence-electron chi connectivity index (χ2n) is 3.65. The molecule has 0 radical (unpaired) electrons. The third kappa shape index (κ3) is 1.12. The van der Waals surface area contributed by atoms with Crippen LogP contribution in [0.3, 0.4) is 0 Å². The zero-order chi connectivity index (χ0) is 9.42.